The highest BCUT2D eigenvalue weighted by Gasteiger charge is 2.57. The molecule has 122 valence electrons. The molecule has 5 atom stereocenters. The molecule has 0 aliphatic carbocycles. The number of aliphatic hydroxyl groups is 5. The Labute approximate surface area is 119 Å². The Morgan fingerprint density at radius 3 is 2.00 bits per heavy atom. The second-order valence-electron chi connectivity index (χ2n) is 4.59. The number of carbonyl (C=O) groups is 2. The van der Waals surface area contributed by atoms with Gasteiger partial charge in [0.2, 0.25) is 11.8 Å². The summed E-state index contributed by atoms with van der Waals surface area (Å²) in [7, 11) is 0. The molecular formula is C10H19N3O8. The quantitative estimate of drug-likeness (QED) is 0.200. The van der Waals surface area contributed by atoms with Gasteiger partial charge in [-0.05, 0) is 0 Å². The third-order valence-corrected chi connectivity index (χ3v) is 2.80. The first kappa shape index (κ1) is 17.7. The van der Waals surface area contributed by atoms with E-state index in [1.165, 1.54) is 0 Å². The van der Waals surface area contributed by atoms with Crippen LogP contribution in [0.15, 0.2) is 0 Å². The number of ether oxygens (including phenoxy) is 1. The molecule has 0 aromatic heterocycles. The zero-order valence-electron chi connectivity index (χ0n) is 11.4. The number of hydrogen-bond donors (Lipinski definition) is 7. The second-order valence-corrected chi connectivity index (χ2v) is 4.59. The summed E-state index contributed by atoms with van der Waals surface area (Å²) in [4.78, 5) is 22.2. The van der Waals surface area contributed by atoms with Crippen molar-refractivity contribution in [2.24, 2.45) is 0 Å². The monoisotopic (exact) mass is 309 g/mol. The van der Waals surface area contributed by atoms with Crippen molar-refractivity contribution in [2.45, 2.75) is 44.2 Å². The lowest BCUT2D eigenvalue weighted by Crippen LogP contribution is -2.76. The molecule has 0 aromatic rings. The Hall–Kier alpha value is -1.34. The van der Waals surface area contributed by atoms with E-state index in [-0.39, 0.29) is 0 Å². The van der Waals surface area contributed by atoms with Crippen LogP contribution in [0, 0.1) is 0 Å². The summed E-state index contributed by atoms with van der Waals surface area (Å²) in [6, 6.07) is 0. The summed E-state index contributed by atoms with van der Waals surface area (Å²) in [5.74, 6) is -4.26. The van der Waals surface area contributed by atoms with Crippen LogP contribution in [0.4, 0.5) is 0 Å². The third-order valence-electron chi connectivity index (χ3n) is 2.80. The number of hydrazine groups is 2. The number of hydrogen-bond acceptors (Lipinski definition) is 9. The van der Waals surface area contributed by atoms with Crippen LogP contribution in [-0.2, 0) is 14.3 Å². The van der Waals surface area contributed by atoms with Gasteiger partial charge in [0.25, 0.3) is 5.91 Å². The molecule has 1 saturated heterocycles. The fourth-order valence-corrected chi connectivity index (χ4v) is 1.82. The van der Waals surface area contributed by atoms with E-state index in [0.717, 1.165) is 13.8 Å². The van der Waals surface area contributed by atoms with E-state index >= 15 is 0 Å². The second kappa shape index (κ2) is 6.62. The van der Waals surface area contributed by atoms with E-state index in [0.29, 0.717) is 5.12 Å². The maximum atomic E-state index is 11.1. The van der Waals surface area contributed by atoms with Crippen molar-refractivity contribution < 1.29 is 39.9 Å². The summed E-state index contributed by atoms with van der Waals surface area (Å²) in [6.07, 6.45) is -7.15. The Kier molecular flexibility index (Phi) is 5.58. The minimum absolute atomic E-state index is 0.347. The largest absolute Gasteiger partial charge is 0.394 e. The Balaban J connectivity index is 3.11. The molecule has 7 N–H and O–H groups in total. The van der Waals surface area contributed by atoms with E-state index < -0.39 is 48.7 Å². The van der Waals surface area contributed by atoms with Crippen molar-refractivity contribution in [3.63, 3.8) is 0 Å². The minimum atomic E-state index is -2.80. The van der Waals surface area contributed by atoms with Gasteiger partial charge in [0.1, 0.15) is 18.3 Å². The molecule has 1 aliphatic rings. The van der Waals surface area contributed by atoms with E-state index in [1.807, 2.05) is 10.9 Å². The Bertz CT molecular complexity index is 390. The predicted octanol–water partition coefficient (Wildman–Crippen LogP) is -4.49. The molecule has 0 unspecified atom stereocenters. The zero-order chi connectivity index (χ0) is 16.4. The van der Waals surface area contributed by atoms with Gasteiger partial charge in [-0.2, -0.15) is 0 Å². The fourth-order valence-electron chi connectivity index (χ4n) is 1.82. The van der Waals surface area contributed by atoms with Crippen LogP contribution < -0.4 is 10.9 Å². The molecule has 0 bridgehead atoms. The highest BCUT2D eigenvalue weighted by atomic mass is 16.7. The lowest BCUT2D eigenvalue weighted by molar-refractivity contribution is -0.416. The van der Waals surface area contributed by atoms with Gasteiger partial charge in [0.15, 0.2) is 6.10 Å². The highest BCUT2D eigenvalue weighted by molar-refractivity contribution is 5.74. The SMILES string of the molecule is CC(=O)NN(NC(C)=O)[C@@]1(O)O[C@H](CO)[C@@H](O)[C@H](O)[C@@H]1O. The number of aliphatic hydroxyl groups excluding tert-OH is 4. The van der Waals surface area contributed by atoms with Crippen molar-refractivity contribution in [3.05, 3.63) is 0 Å². The minimum Gasteiger partial charge on any atom is -0.394 e. The van der Waals surface area contributed by atoms with Gasteiger partial charge in [0.05, 0.1) is 6.61 Å². The molecule has 0 radical (unpaired) electrons. The molecule has 1 aliphatic heterocycles. The number of amides is 2. The molecule has 21 heavy (non-hydrogen) atoms. The van der Waals surface area contributed by atoms with Gasteiger partial charge in [-0.1, -0.05) is 5.12 Å². The average Bonchev–Trinajstić information content (AvgIpc) is 2.39. The molecule has 0 saturated carbocycles. The Morgan fingerprint density at radius 2 is 1.62 bits per heavy atom. The van der Waals surface area contributed by atoms with Crippen LogP contribution in [0.3, 0.4) is 0 Å². The lowest BCUT2D eigenvalue weighted by atomic mass is 9.96. The van der Waals surface area contributed by atoms with Crippen molar-refractivity contribution in [1.29, 1.82) is 0 Å². The normalized spacial score (nSPS) is 36.4. The molecule has 2 amide bonds. The number of nitrogens with zero attached hydrogens (tertiary/aromatic N) is 1. The van der Waals surface area contributed by atoms with Crippen LogP contribution in [0.25, 0.3) is 0 Å². The first-order valence-corrected chi connectivity index (χ1v) is 6.03. The predicted molar refractivity (Wildman–Crippen MR) is 64.4 cm³/mol. The highest BCUT2D eigenvalue weighted by Crippen LogP contribution is 2.29. The van der Waals surface area contributed by atoms with Crippen LogP contribution in [-0.4, -0.2) is 79.4 Å². The van der Waals surface area contributed by atoms with Crippen LogP contribution in [0.2, 0.25) is 0 Å². The van der Waals surface area contributed by atoms with E-state index in [2.05, 4.69) is 0 Å². The van der Waals surface area contributed by atoms with E-state index in [9.17, 15) is 30.0 Å². The van der Waals surface area contributed by atoms with Crippen LogP contribution in [0.1, 0.15) is 13.8 Å². The number of nitrogens with one attached hydrogen (secondary N) is 2. The summed E-state index contributed by atoms with van der Waals surface area (Å²) < 4.78 is 4.92. The maximum absolute atomic E-state index is 11.1. The molecule has 0 spiro atoms. The first-order chi connectivity index (χ1) is 9.63. The topological polar surface area (TPSA) is 172 Å². The van der Waals surface area contributed by atoms with Gasteiger partial charge in [-0.25, -0.2) is 0 Å². The van der Waals surface area contributed by atoms with E-state index in [4.69, 9.17) is 9.84 Å². The molecule has 1 heterocycles. The van der Waals surface area contributed by atoms with Crippen molar-refractivity contribution in [1.82, 2.24) is 16.0 Å². The standard InChI is InChI=1S/C10H19N3O8/c1-4(15)11-13(12-5(2)16)10(20)9(19)8(18)7(17)6(3-14)21-10/h6-9,14,17-20H,3H2,1-2H3,(H,11,15)(H,12,16)/t6-,7-,8+,9+,10+/m1/s1. The van der Waals surface area contributed by atoms with Crippen molar-refractivity contribution >= 4 is 11.8 Å². The van der Waals surface area contributed by atoms with Crippen LogP contribution >= 0.6 is 0 Å². The smallest absolute Gasteiger partial charge is 0.293 e. The molecule has 1 rings (SSSR count). The molecule has 1 fully saturated rings. The molecule has 11 heteroatoms. The van der Waals surface area contributed by atoms with Gasteiger partial charge in [-0.3, -0.25) is 20.4 Å². The van der Waals surface area contributed by atoms with Gasteiger partial charge >= 0.3 is 0 Å². The average molecular weight is 309 g/mol. The Morgan fingerprint density at radius 1 is 1.14 bits per heavy atom. The summed E-state index contributed by atoms with van der Waals surface area (Å²) >= 11 is 0. The van der Waals surface area contributed by atoms with E-state index in [1.54, 1.807) is 0 Å². The molecule has 11 nitrogen and oxygen atoms in total. The third kappa shape index (κ3) is 3.65. The first-order valence-electron chi connectivity index (χ1n) is 6.03. The van der Waals surface area contributed by atoms with Gasteiger partial charge in [0, 0.05) is 13.8 Å². The van der Waals surface area contributed by atoms with Crippen LogP contribution in [0.5, 0.6) is 0 Å². The van der Waals surface area contributed by atoms with Gasteiger partial charge in [-0.15, -0.1) is 0 Å². The lowest BCUT2D eigenvalue weighted by Gasteiger charge is -2.48. The number of carbonyl (C=O) groups excluding carboxylic acids is 2. The maximum Gasteiger partial charge on any atom is 0.293 e. The summed E-state index contributed by atoms with van der Waals surface area (Å²) in [5.41, 5.74) is 3.97. The number of rotatable bonds is 4. The summed E-state index contributed by atoms with van der Waals surface area (Å²) in [6.45, 7) is 1.33. The van der Waals surface area contributed by atoms with Crippen molar-refractivity contribution in [3.8, 4) is 0 Å². The summed E-state index contributed by atoms with van der Waals surface area (Å²) in [5, 5.41) is 48.9. The zero-order valence-corrected chi connectivity index (χ0v) is 11.4. The molecular weight excluding hydrogens is 290 g/mol. The fraction of sp³-hybridized carbons (Fsp3) is 0.800. The van der Waals surface area contributed by atoms with Gasteiger partial charge < -0.3 is 30.3 Å². The van der Waals surface area contributed by atoms with Crippen molar-refractivity contribution in [2.75, 3.05) is 6.61 Å². The molecule has 0 aromatic carbocycles.